The van der Waals surface area contributed by atoms with Crippen LogP contribution in [0.15, 0.2) is 60.8 Å². The van der Waals surface area contributed by atoms with Crippen molar-refractivity contribution in [3.05, 3.63) is 60.8 Å². The van der Waals surface area contributed by atoms with Gasteiger partial charge < -0.3 is 27.9 Å². The molecule has 0 radical (unpaired) electrons. The number of quaternary nitrogens is 1. The van der Waals surface area contributed by atoms with Gasteiger partial charge >= 0.3 is 11.9 Å². The maximum atomic E-state index is 12.7. The molecule has 0 N–H and O–H groups in total. The minimum Gasteiger partial charge on any atom is -0.756 e. The fraction of sp³-hybridized carbons (Fsp3) is 0.774. The number of likely N-dealkylation sites (N-methyl/N-ethyl adjacent to an activating group) is 1. The van der Waals surface area contributed by atoms with Gasteiger partial charge in [-0.25, -0.2) is 0 Å². The minimum absolute atomic E-state index is 0.0329. The number of phosphoric acid groups is 1. The number of rotatable bonds is 46. The predicted octanol–water partition coefficient (Wildman–Crippen LogP) is 14.6. The summed E-state index contributed by atoms with van der Waals surface area (Å²) in [6.45, 7) is 4.05. The Kier molecular flexibility index (Phi) is 43.3. The van der Waals surface area contributed by atoms with Gasteiger partial charge in [-0.2, -0.15) is 0 Å². The summed E-state index contributed by atoms with van der Waals surface area (Å²) in [6, 6.07) is 0. The van der Waals surface area contributed by atoms with Gasteiger partial charge in [0.1, 0.15) is 19.8 Å². The number of allylic oxidation sites excluding steroid dienone is 10. The standard InChI is InChI=1S/C53H96NO8P/c1-6-8-10-12-14-16-18-19-20-21-22-23-24-25-26-27-28-29-30-31-32-33-34-35-36-38-40-42-44-46-53(56)62-51(50-61-63(57,58)60-48-47-54(3,4)5)49-59-52(55)45-43-41-39-37-17-15-13-11-9-7-2/h8,10-11,13-14,16,19-20,22-23,51H,6-7,9,12,15,17-18,21,24-50H2,1-5H3/b10-8-,13-11-,16-14-,20-19-,23-22-. The molecule has 0 bridgehead atoms. The van der Waals surface area contributed by atoms with Gasteiger partial charge in [0.05, 0.1) is 27.7 Å². The minimum atomic E-state index is -4.63. The summed E-state index contributed by atoms with van der Waals surface area (Å²) < 4.78 is 33.9. The first-order chi connectivity index (χ1) is 30.5. The predicted molar refractivity (Wildman–Crippen MR) is 263 cm³/mol. The molecule has 0 aliphatic carbocycles. The third-order valence-corrected chi connectivity index (χ3v) is 11.7. The lowest BCUT2D eigenvalue weighted by atomic mass is 10.0. The average molecular weight is 906 g/mol. The summed E-state index contributed by atoms with van der Waals surface area (Å²) in [5, 5.41) is 0. The Balaban J connectivity index is 4.07. The van der Waals surface area contributed by atoms with Crippen molar-refractivity contribution in [3.63, 3.8) is 0 Å². The van der Waals surface area contributed by atoms with Crippen LogP contribution in [0.25, 0.3) is 0 Å². The number of hydrogen-bond acceptors (Lipinski definition) is 8. The molecular weight excluding hydrogens is 810 g/mol. The summed E-state index contributed by atoms with van der Waals surface area (Å²) >= 11 is 0. The summed E-state index contributed by atoms with van der Waals surface area (Å²) in [7, 11) is 1.16. The van der Waals surface area contributed by atoms with Crippen LogP contribution in [0.4, 0.5) is 0 Å². The molecule has 0 fully saturated rings. The van der Waals surface area contributed by atoms with Crippen molar-refractivity contribution in [2.24, 2.45) is 0 Å². The number of carbonyl (C=O) groups excluding carboxylic acids is 2. The van der Waals surface area contributed by atoms with E-state index in [1.807, 2.05) is 21.1 Å². The number of carbonyl (C=O) groups is 2. The lowest BCUT2D eigenvalue weighted by Gasteiger charge is -2.28. The summed E-state index contributed by atoms with van der Waals surface area (Å²) in [6.07, 6.45) is 55.6. The highest BCUT2D eigenvalue weighted by Gasteiger charge is 2.21. The Bertz CT molecular complexity index is 1250. The van der Waals surface area contributed by atoms with E-state index < -0.39 is 32.5 Å². The largest absolute Gasteiger partial charge is 0.756 e. The first-order valence-corrected chi connectivity index (χ1v) is 27.0. The molecular formula is C53H96NO8P. The normalized spacial score (nSPS) is 13.9. The zero-order valence-corrected chi connectivity index (χ0v) is 42.2. The van der Waals surface area contributed by atoms with Crippen LogP contribution in [-0.4, -0.2) is 70.0 Å². The van der Waals surface area contributed by atoms with E-state index in [1.54, 1.807) is 0 Å². The van der Waals surface area contributed by atoms with Crippen molar-refractivity contribution in [1.29, 1.82) is 0 Å². The summed E-state index contributed by atoms with van der Waals surface area (Å²) in [4.78, 5) is 37.6. The molecule has 2 unspecified atom stereocenters. The molecule has 0 aromatic rings. The van der Waals surface area contributed by atoms with Crippen LogP contribution < -0.4 is 4.89 Å². The third-order valence-electron chi connectivity index (χ3n) is 10.8. The number of unbranched alkanes of at least 4 members (excludes halogenated alkanes) is 22. The molecule has 0 heterocycles. The van der Waals surface area contributed by atoms with Crippen LogP contribution in [0.1, 0.15) is 213 Å². The smallest absolute Gasteiger partial charge is 0.306 e. The number of hydrogen-bond donors (Lipinski definition) is 0. The van der Waals surface area contributed by atoms with Crippen LogP contribution in [0.5, 0.6) is 0 Å². The molecule has 63 heavy (non-hydrogen) atoms. The monoisotopic (exact) mass is 906 g/mol. The van der Waals surface area contributed by atoms with E-state index >= 15 is 0 Å². The fourth-order valence-electron chi connectivity index (χ4n) is 6.83. The Hall–Kier alpha value is -2.29. The van der Waals surface area contributed by atoms with Crippen molar-refractivity contribution >= 4 is 19.8 Å². The van der Waals surface area contributed by atoms with Crippen LogP contribution in [0.3, 0.4) is 0 Å². The van der Waals surface area contributed by atoms with Crippen LogP contribution in [0.2, 0.25) is 0 Å². The number of esters is 2. The maximum absolute atomic E-state index is 12.7. The van der Waals surface area contributed by atoms with Gasteiger partial charge in [0, 0.05) is 12.8 Å². The van der Waals surface area contributed by atoms with Crippen molar-refractivity contribution < 1.29 is 42.1 Å². The number of phosphoric ester groups is 1. The Morgan fingerprint density at radius 1 is 0.508 bits per heavy atom. The highest BCUT2D eigenvalue weighted by Crippen LogP contribution is 2.38. The van der Waals surface area contributed by atoms with Crippen LogP contribution in [0, 0.1) is 0 Å². The van der Waals surface area contributed by atoms with Crippen molar-refractivity contribution in [2.45, 2.75) is 219 Å². The highest BCUT2D eigenvalue weighted by molar-refractivity contribution is 7.45. The van der Waals surface area contributed by atoms with Gasteiger partial charge in [-0.15, -0.1) is 0 Å². The fourth-order valence-corrected chi connectivity index (χ4v) is 7.55. The van der Waals surface area contributed by atoms with Crippen molar-refractivity contribution in [1.82, 2.24) is 0 Å². The molecule has 0 aliphatic heterocycles. The van der Waals surface area contributed by atoms with E-state index in [9.17, 15) is 19.0 Å². The average Bonchev–Trinajstić information content (AvgIpc) is 3.24. The molecule has 0 aromatic carbocycles. The molecule has 2 atom stereocenters. The Labute approximate surface area is 387 Å². The maximum Gasteiger partial charge on any atom is 0.306 e. The lowest BCUT2D eigenvalue weighted by molar-refractivity contribution is -0.870. The Morgan fingerprint density at radius 2 is 0.905 bits per heavy atom. The van der Waals surface area contributed by atoms with E-state index in [2.05, 4.69) is 74.6 Å². The molecule has 9 nitrogen and oxygen atoms in total. The third kappa shape index (κ3) is 49.0. The second-order valence-corrected chi connectivity index (χ2v) is 19.6. The molecule has 10 heteroatoms. The summed E-state index contributed by atoms with van der Waals surface area (Å²) in [5.74, 6) is -0.845. The summed E-state index contributed by atoms with van der Waals surface area (Å²) in [5.41, 5.74) is 0. The highest BCUT2D eigenvalue weighted by atomic mass is 31.2. The zero-order valence-electron chi connectivity index (χ0n) is 41.3. The molecule has 0 aromatic heterocycles. The number of ether oxygens (including phenoxy) is 2. The van der Waals surface area contributed by atoms with Gasteiger partial charge in [0.15, 0.2) is 6.10 Å². The molecule has 0 saturated carbocycles. The van der Waals surface area contributed by atoms with Crippen LogP contribution in [-0.2, 0) is 32.7 Å². The van der Waals surface area contributed by atoms with Gasteiger partial charge in [0.25, 0.3) is 7.82 Å². The zero-order chi connectivity index (χ0) is 46.4. The van der Waals surface area contributed by atoms with E-state index in [4.69, 9.17) is 18.5 Å². The molecule has 0 spiro atoms. The quantitative estimate of drug-likeness (QED) is 0.0195. The SMILES string of the molecule is CC/C=C\C/C=C\C/C=C\C/C=C\CCCCCCCCCCCCCCCCCCC(=O)OC(COC(=O)CCCCCCC/C=C\CCC)COP(=O)([O-])OCC[N+](C)(C)C. The van der Waals surface area contributed by atoms with Crippen LogP contribution >= 0.6 is 7.82 Å². The lowest BCUT2D eigenvalue weighted by Crippen LogP contribution is -2.37. The molecule has 0 saturated heterocycles. The van der Waals surface area contributed by atoms with E-state index in [0.29, 0.717) is 17.4 Å². The van der Waals surface area contributed by atoms with Gasteiger partial charge in [-0.1, -0.05) is 190 Å². The van der Waals surface area contributed by atoms with Gasteiger partial charge in [-0.05, 0) is 70.6 Å². The molecule has 366 valence electrons. The van der Waals surface area contributed by atoms with Crippen molar-refractivity contribution in [2.75, 3.05) is 47.5 Å². The number of nitrogens with zero attached hydrogens (tertiary/aromatic N) is 1. The first-order valence-electron chi connectivity index (χ1n) is 25.5. The molecule has 0 rings (SSSR count). The Morgan fingerprint density at radius 3 is 1.37 bits per heavy atom. The van der Waals surface area contributed by atoms with E-state index in [0.717, 1.165) is 89.9 Å². The molecule has 0 amide bonds. The van der Waals surface area contributed by atoms with Crippen molar-refractivity contribution in [3.8, 4) is 0 Å². The van der Waals surface area contributed by atoms with Gasteiger partial charge in [0.2, 0.25) is 0 Å². The second-order valence-electron chi connectivity index (χ2n) is 18.1. The first kappa shape index (κ1) is 60.7. The topological polar surface area (TPSA) is 111 Å². The van der Waals surface area contributed by atoms with E-state index in [-0.39, 0.29) is 26.1 Å². The van der Waals surface area contributed by atoms with Gasteiger partial charge in [-0.3, -0.25) is 14.2 Å². The second kappa shape index (κ2) is 44.9. The molecule has 0 aliphatic rings. The van der Waals surface area contributed by atoms with E-state index in [1.165, 1.54) is 89.9 Å².